The lowest BCUT2D eigenvalue weighted by Crippen LogP contribution is -2.28. The minimum Gasteiger partial charge on any atom is -0.473 e. The molecule has 92 heavy (non-hydrogen) atoms. The molecule has 0 fully saturated rings. The predicted molar refractivity (Wildman–Crippen MR) is 361 cm³/mol. The van der Waals surface area contributed by atoms with Crippen molar-refractivity contribution < 1.29 is 43.2 Å². The van der Waals surface area contributed by atoms with Crippen LogP contribution >= 0.6 is 45.9 Å². The lowest BCUT2D eigenvalue weighted by atomic mass is 10.1. The van der Waals surface area contributed by atoms with Crippen LogP contribution in [0.5, 0.6) is 11.8 Å². The third kappa shape index (κ3) is 24.3. The van der Waals surface area contributed by atoms with Gasteiger partial charge < -0.3 is 71.7 Å². The predicted octanol–water partition coefficient (Wildman–Crippen LogP) is 9.31. The molecule has 10 N–H and O–H groups in total. The molecule has 0 aliphatic heterocycles. The Morgan fingerprint density at radius 3 is 1.41 bits per heavy atom. The fourth-order valence-corrected chi connectivity index (χ4v) is 10.2. The van der Waals surface area contributed by atoms with Gasteiger partial charge in [0.15, 0.2) is 0 Å². The Morgan fingerprint density at radius 1 is 0.587 bits per heavy atom. The molecule has 8 aromatic rings. The molecule has 0 radical (unpaired) electrons. The van der Waals surface area contributed by atoms with Gasteiger partial charge in [0.05, 0.1) is 26.4 Å². The molecule has 0 saturated heterocycles. The van der Waals surface area contributed by atoms with Gasteiger partial charge in [-0.2, -0.15) is 20.5 Å². The Morgan fingerprint density at radius 2 is 1.01 bits per heavy atom. The van der Waals surface area contributed by atoms with E-state index in [0.29, 0.717) is 65.0 Å². The number of benzene rings is 4. The Labute approximate surface area is 551 Å². The number of carbonyl (C=O) groups is 3. The second-order valence-electron chi connectivity index (χ2n) is 19.6. The van der Waals surface area contributed by atoms with Gasteiger partial charge in [-0.25, -0.2) is 14.8 Å². The topological polar surface area (TPSA) is 337 Å². The summed E-state index contributed by atoms with van der Waals surface area (Å²) in [4.78, 5) is 59.6. The number of amides is 3. The second kappa shape index (κ2) is 38.1. The Bertz CT molecular complexity index is 3760. The highest BCUT2D eigenvalue weighted by Gasteiger charge is 2.14. The standard InChI is InChI=1S/C33H34ClN7O5S.C20H23N3O3S.C12H13ClN4O/c1-41(26-9-7-24(8-10-26)28-12-11-27(47-28)17-25(19-35)31(42)37-13-15-44-2)14-16-45-33(43)38-20-22-3-5-23(6-4-22)21-46-30-18-29(34)39-32(36)40-30;1-23(10-11-24)17-5-3-15(4-6-17)19-8-7-18(27-19)13-16(14-21)20(25)22-9-12-26-2;13-10-5-11(17-12(15)16-10)18-7-9-3-1-8(6-14)2-4-9/h3-12,17-18H,13-16,20-21H2,1-2H3,(H,37,42)(H,38,43)(H2,36,39,40);3-8,13,24H,9-12H2,1-2H3,(H,22,25);1-5H,6-7,14H2,(H2,15,16,17)/b25-17+;16-13+;. The van der Waals surface area contributed by atoms with Crippen LogP contribution in [0.25, 0.3) is 33.0 Å². The minimum atomic E-state index is -0.506. The molecule has 0 atom stereocenters. The first-order valence-electron chi connectivity index (χ1n) is 28.3. The quantitative estimate of drug-likeness (QED) is 0.0104. The molecule has 0 unspecified atom stereocenters. The molecule has 23 nitrogen and oxygen atoms in total. The van der Waals surface area contributed by atoms with Gasteiger partial charge in [-0.15, -0.1) is 22.7 Å². The normalized spacial score (nSPS) is 10.9. The molecule has 3 amide bonds. The number of aliphatic hydroxyl groups excluding tert-OH is 1. The number of nitrogens with zero attached hydrogens (tertiary/aromatic N) is 8. The van der Waals surface area contributed by atoms with Gasteiger partial charge >= 0.3 is 6.09 Å². The van der Waals surface area contributed by atoms with Crippen molar-refractivity contribution in [2.75, 3.05) is 102 Å². The smallest absolute Gasteiger partial charge is 0.407 e. The third-order valence-corrected chi connectivity index (χ3v) is 15.4. The highest BCUT2D eigenvalue weighted by molar-refractivity contribution is 7.16. The van der Waals surface area contributed by atoms with E-state index in [1.54, 1.807) is 26.4 Å². The zero-order valence-electron chi connectivity index (χ0n) is 50.9. The van der Waals surface area contributed by atoms with E-state index in [1.165, 1.54) is 34.8 Å². The summed E-state index contributed by atoms with van der Waals surface area (Å²) in [5.74, 6) is -0.0563. The monoisotopic (exact) mass is 1320 g/mol. The lowest BCUT2D eigenvalue weighted by Gasteiger charge is -2.19. The summed E-state index contributed by atoms with van der Waals surface area (Å²) >= 11 is 14.6. The molecule has 0 aliphatic rings. The van der Waals surface area contributed by atoms with E-state index in [2.05, 4.69) is 35.9 Å². The van der Waals surface area contributed by atoms with Crippen molar-refractivity contribution in [3.8, 4) is 44.8 Å². The van der Waals surface area contributed by atoms with Gasteiger partial charge in [-0.1, -0.05) is 96.0 Å². The van der Waals surface area contributed by atoms with Crippen LogP contribution < -0.4 is 52.4 Å². The second-order valence-corrected chi connectivity index (χ2v) is 22.6. The number of aromatic nitrogens is 4. The number of nitrogens with one attached hydrogen (secondary N) is 3. The van der Waals surface area contributed by atoms with Crippen LogP contribution in [0, 0.1) is 22.7 Å². The van der Waals surface area contributed by atoms with E-state index in [-0.39, 0.29) is 59.0 Å². The number of likely N-dealkylation sites (N-methyl/N-ethyl adjacent to an activating group) is 2. The highest BCUT2D eigenvalue weighted by Crippen LogP contribution is 2.32. The van der Waals surface area contributed by atoms with Crippen molar-refractivity contribution in [3.63, 3.8) is 0 Å². The summed E-state index contributed by atoms with van der Waals surface area (Å²) < 4.78 is 26.3. The number of carbonyl (C=O) groups excluding carboxylic acids is 3. The van der Waals surface area contributed by atoms with Crippen molar-refractivity contribution >= 4 is 99.2 Å². The van der Waals surface area contributed by atoms with Crippen LogP contribution in [-0.2, 0) is 50.1 Å². The maximum atomic E-state index is 12.2. The Hall–Kier alpha value is -9.67. The van der Waals surface area contributed by atoms with Crippen LogP contribution in [0.4, 0.5) is 28.1 Å². The fourth-order valence-electron chi connectivity index (χ4n) is 7.96. The maximum absolute atomic E-state index is 12.2. The molecule has 0 saturated carbocycles. The van der Waals surface area contributed by atoms with E-state index in [1.807, 2.05) is 157 Å². The van der Waals surface area contributed by atoms with E-state index in [4.69, 9.17) is 69.2 Å². The number of thiophene rings is 2. The SMILES string of the molecule is COCCNC(=O)/C(C#N)=C/c1ccc(-c2ccc(N(C)CCO)cc2)s1.COCCNC(=O)/C(C#N)=C/c1ccc(-c2ccc(N(C)CCOC(=O)NCc3ccc(COc4cc(Cl)nc(N)n4)cc3)cc2)s1.NCc1ccc(COc2cc(Cl)nc(N)n2)cc1. The molecule has 4 heterocycles. The molecule has 27 heteroatoms. The number of aliphatic hydroxyl groups is 1. The molecule has 4 aromatic carbocycles. The lowest BCUT2D eigenvalue weighted by molar-refractivity contribution is -0.118. The number of rotatable bonds is 28. The van der Waals surface area contributed by atoms with E-state index >= 15 is 0 Å². The average molecular weight is 1330 g/mol. The van der Waals surface area contributed by atoms with Gasteiger partial charge in [0.25, 0.3) is 11.8 Å². The summed E-state index contributed by atoms with van der Waals surface area (Å²) in [7, 11) is 6.95. The first kappa shape index (κ1) is 71.4. The summed E-state index contributed by atoms with van der Waals surface area (Å²) in [6.07, 6.45) is 2.67. The molecule has 0 spiro atoms. The van der Waals surface area contributed by atoms with Gasteiger partial charge in [-0.05, 0) is 94.1 Å². The third-order valence-electron chi connectivity index (χ3n) is 12.9. The van der Waals surface area contributed by atoms with E-state index < -0.39 is 17.9 Å². The summed E-state index contributed by atoms with van der Waals surface area (Å²) in [5, 5.41) is 36.2. The zero-order chi connectivity index (χ0) is 66.2. The number of nitriles is 2. The molecule has 480 valence electrons. The minimum absolute atomic E-state index is 0.0387. The van der Waals surface area contributed by atoms with Crippen molar-refractivity contribution in [1.29, 1.82) is 10.5 Å². The number of hydrogen-bond acceptors (Lipinski definition) is 22. The molecular weight excluding hydrogens is 1260 g/mol. The van der Waals surface area contributed by atoms with Gasteiger partial charge in [0.2, 0.25) is 23.7 Å². The zero-order valence-corrected chi connectivity index (χ0v) is 54.1. The summed E-state index contributed by atoms with van der Waals surface area (Å²) in [6.45, 7) is 4.36. The first-order valence-corrected chi connectivity index (χ1v) is 30.7. The number of hydrogen-bond donors (Lipinski definition) is 7. The van der Waals surface area contributed by atoms with Gasteiger partial charge in [0.1, 0.15) is 53.4 Å². The van der Waals surface area contributed by atoms with Crippen molar-refractivity contribution in [2.24, 2.45) is 5.73 Å². The number of alkyl carbamates (subject to hydrolysis) is 1. The number of halogens is 2. The molecule has 8 rings (SSSR count). The van der Waals surface area contributed by atoms with Gasteiger partial charge in [-0.3, -0.25) is 9.59 Å². The van der Waals surface area contributed by atoms with E-state index in [9.17, 15) is 24.9 Å². The van der Waals surface area contributed by atoms with Crippen LogP contribution in [0.15, 0.2) is 145 Å². The highest BCUT2D eigenvalue weighted by atomic mass is 35.5. The Kier molecular flexibility index (Phi) is 29.6. The molecule has 0 bridgehead atoms. The van der Waals surface area contributed by atoms with Crippen LogP contribution in [0.2, 0.25) is 10.3 Å². The van der Waals surface area contributed by atoms with Crippen molar-refractivity contribution in [2.45, 2.75) is 26.3 Å². The van der Waals surface area contributed by atoms with Gasteiger partial charge in [0, 0.05) is 104 Å². The largest absolute Gasteiger partial charge is 0.473 e. The summed E-state index contributed by atoms with van der Waals surface area (Å²) in [6, 6.07) is 46.0. The number of nitrogens with two attached hydrogens (primary N) is 3. The van der Waals surface area contributed by atoms with Crippen LogP contribution in [0.1, 0.15) is 32.0 Å². The first-order chi connectivity index (χ1) is 44.5. The number of ether oxygens (including phenoxy) is 5. The molecule has 0 aliphatic carbocycles. The van der Waals surface area contributed by atoms with Crippen LogP contribution in [0.3, 0.4) is 0 Å². The number of anilines is 4. The average Bonchev–Trinajstić information content (AvgIpc) is 1.90. The molecule has 4 aromatic heterocycles. The molecular formula is C65H70Cl2N14O9S2. The van der Waals surface area contributed by atoms with Crippen molar-refractivity contribution in [3.05, 3.63) is 187 Å². The van der Waals surface area contributed by atoms with Crippen LogP contribution in [-0.4, -0.2) is 124 Å². The van der Waals surface area contributed by atoms with Crippen molar-refractivity contribution in [1.82, 2.24) is 35.9 Å². The fraction of sp³-hybridized carbons (Fsp3) is 0.246. The Balaban J connectivity index is 0.000000249. The maximum Gasteiger partial charge on any atom is 0.407 e. The van der Waals surface area contributed by atoms with E-state index in [0.717, 1.165) is 64.3 Å². The number of nitrogen functional groups attached to an aromatic ring is 2. The number of methoxy groups -OCH3 is 2. The summed E-state index contributed by atoms with van der Waals surface area (Å²) in [5.41, 5.74) is 24.6.